The van der Waals surface area contributed by atoms with Crippen LogP contribution in [0.3, 0.4) is 0 Å². The van der Waals surface area contributed by atoms with Crippen LogP contribution in [-0.2, 0) is 11.2 Å². The first-order valence-corrected chi connectivity index (χ1v) is 12.0. The summed E-state index contributed by atoms with van der Waals surface area (Å²) in [7, 11) is 0. The van der Waals surface area contributed by atoms with Gasteiger partial charge in [0.15, 0.2) is 0 Å². The van der Waals surface area contributed by atoms with E-state index in [-0.39, 0.29) is 6.10 Å². The van der Waals surface area contributed by atoms with E-state index in [1.54, 1.807) is 0 Å². The second-order valence-electron chi connectivity index (χ2n) is 8.57. The summed E-state index contributed by atoms with van der Waals surface area (Å²) >= 11 is 7.96. The lowest BCUT2D eigenvalue weighted by Gasteiger charge is -2.46. The maximum Gasteiger partial charge on any atom is 0.0961 e. The van der Waals surface area contributed by atoms with Crippen molar-refractivity contribution in [3.63, 3.8) is 0 Å². The number of hydrogen-bond donors (Lipinski definition) is 1. The Morgan fingerprint density at radius 3 is 2.52 bits per heavy atom. The molecule has 29 heavy (non-hydrogen) atoms. The number of rotatable bonds is 5. The van der Waals surface area contributed by atoms with E-state index in [2.05, 4.69) is 30.9 Å². The summed E-state index contributed by atoms with van der Waals surface area (Å²) in [4.78, 5) is 8.90. The van der Waals surface area contributed by atoms with Crippen molar-refractivity contribution in [3.8, 4) is 0 Å². The number of morpholine rings is 1. The van der Waals surface area contributed by atoms with Crippen molar-refractivity contribution in [2.75, 3.05) is 19.7 Å². The van der Waals surface area contributed by atoms with Gasteiger partial charge in [-0.3, -0.25) is 4.90 Å². The fourth-order valence-electron chi connectivity index (χ4n) is 4.76. The average molecular weight is 434 g/mol. The molecule has 1 saturated carbocycles. The standard InChI is InChI=1S/C23H32ClN3OS/c1-15-16(2)29-23(26-15)18-5-9-20(10-6-18)27-13-22(12-25)28-14-21(27)11-17-3-7-19(24)8-4-17/h3-4,7-8,18,20-22H,5-6,9-14,25H2,1-2H3. The largest absolute Gasteiger partial charge is 0.374 e. The summed E-state index contributed by atoms with van der Waals surface area (Å²) in [6.07, 6.45) is 6.08. The van der Waals surface area contributed by atoms with Gasteiger partial charge in [0.05, 0.1) is 23.4 Å². The summed E-state index contributed by atoms with van der Waals surface area (Å²) in [6.45, 7) is 6.61. The number of aromatic nitrogens is 1. The van der Waals surface area contributed by atoms with Crippen molar-refractivity contribution in [1.82, 2.24) is 9.88 Å². The van der Waals surface area contributed by atoms with E-state index in [1.807, 2.05) is 23.5 Å². The molecule has 2 aromatic rings. The van der Waals surface area contributed by atoms with Gasteiger partial charge >= 0.3 is 0 Å². The number of thiazole rings is 1. The lowest BCUT2D eigenvalue weighted by atomic mass is 9.84. The Morgan fingerprint density at radius 2 is 1.90 bits per heavy atom. The van der Waals surface area contributed by atoms with E-state index in [0.29, 0.717) is 24.5 Å². The predicted molar refractivity (Wildman–Crippen MR) is 121 cm³/mol. The van der Waals surface area contributed by atoms with Crippen molar-refractivity contribution >= 4 is 22.9 Å². The zero-order chi connectivity index (χ0) is 20.4. The van der Waals surface area contributed by atoms with E-state index in [1.165, 1.54) is 46.8 Å². The van der Waals surface area contributed by atoms with Crippen LogP contribution in [0.1, 0.15) is 52.7 Å². The Morgan fingerprint density at radius 1 is 1.17 bits per heavy atom. The molecule has 1 aromatic carbocycles. The summed E-state index contributed by atoms with van der Waals surface area (Å²) in [5, 5.41) is 2.14. The monoisotopic (exact) mass is 433 g/mol. The summed E-state index contributed by atoms with van der Waals surface area (Å²) < 4.78 is 6.06. The average Bonchev–Trinajstić information content (AvgIpc) is 3.08. The number of aryl methyl sites for hydroxylation is 2. The topological polar surface area (TPSA) is 51.4 Å². The lowest BCUT2D eigenvalue weighted by molar-refractivity contribution is -0.0802. The lowest BCUT2D eigenvalue weighted by Crippen LogP contribution is -2.56. The SMILES string of the molecule is Cc1nc(C2CCC(N3CC(CN)OCC3Cc3ccc(Cl)cc3)CC2)sc1C. The first-order chi connectivity index (χ1) is 14.0. The van der Waals surface area contributed by atoms with Crippen molar-refractivity contribution < 1.29 is 4.74 Å². The number of halogens is 1. The first kappa shape index (κ1) is 21.3. The number of benzene rings is 1. The highest BCUT2D eigenvalue weighted by atomic mass is 35.5. The van der Waals surface area contributed by atoms with Crippen molar-refractivity contribution in [2.45, 2.75) is 70.1 Å². The van der Waals surface area contributed by atoms with Crippen LogP contribution in [0.15, 0.2) is 24.3 Å². The molecule has 2 unspecified atom stereocenters. The van der Waals surface area contributed by atoms with Gasteiger partial charge in [-0.05, 0) is 63.6 Å². The molecule has 0 bridgehead atoms. The molecule has 0 radical (unpaired) electrons. The molecule has 1 aliphatic heterocycles. The van der Waals surface area contributed by atoms with Gasteiger partial charge in [0.25, 0.3) is 0 Å². The predicted octanol–water partition coefficient (Wildman–Crippen LogP) is 4.71. The Hall–Kier alpha value is -0.980. The maximum absolute atomic E-state index is 6.06. The quantitative estimate of drug-likeness (QED) is 0.741. The molecule has 2 N–H and O–H groups in total. The van der Waals surface area contributed by atoms with Crippen LogP contribution in [0.2, 0.25) is 5.02 Å². The number of nitrogens with zero attached hydrogens (tertiary/aromatic N) is 2. The van der Waals surface area contributed by atoms with E-state index >= 15 is 0 Å². The molecule has 1 saturated heterocycles. The second-order valence-corrected chi connectivity index (χ2v) is 10.2. The van der Waals surface area contributed by atoms with Crippen LogP contribution in [-0.4, -0.2) is 47.8 Å². The van der Waals surface area contributed by atoms with Gasteiger partial charge in [-0.1, -0.05) is 23.7 Å². The molecule has 2 aliphatic rings. The molecule has 4 rings (SSSR count). The van der Waals surface area contributed by atoms with Gasteiger partial charge in [0.2, 0.25) is 0 Å². The third kappa shape index (κ3) is 5.02. The van der Waals surface area contributed by atoms with Crippen molar-refractivity contribution in [2.24, 2.45) is 5.73 Å². The van der Waals surface area contributed by atoms with Gasteiger partial charge in [0.1, 0.15) is 0 Å². The maximum atomic E-state index is 6.06. The number of nitrogens with two attached hydrogens (primary N) is 1. The van der Waals surface area contributed by atoms with Crippen LogP contribution in [0.4, 0.5) is 0 Å². The summed E-state index contributed by atoms with van der Waals surface area (Å²) in [5.74, 6) is 0.629. The molecular formula is C23H32ClN3OS. The molecule has 0 spiro atoms. The minimum absolute atomic E-state index is 0.151. The van der Waals surface area contributed by atoms with Gasteiger partial charge in [-0.2, -0.15) is 0 Å². The molecule has 0 amide bonds. The van der Waals surface area contributed by atoms with Crippen LogP contribution in [0.25, 0.3) is 0 Å². The highest BCUT2D eigenvalue weighted by Crippen LogP contribution is 2.38. The minimum atomic E-state index is 0.151. The molecule has 6 heteroatoms. The zero-order valence-corrected chi connectivity index (χ0v) is 19.0. The molecule has 2 atom stereocenters. The Labute approximate surface area is 183 Å². The van der Waals surface area contributed by atoms with Gasteiger partial charge < -0.3 is 10.5 Å². The fraction of sp³-hybridized carbons (Fsp3) is 0.609. The zero-order valence-electron chi connectivity index (χ0n) is 17.4. The van der Waals surface area contributed by atoms with Gasteiger partial charge in [-0.25, -0.2) is 4.98 Å². The highest BCUT2D eigenvalue weighted by molar-refractivity contribution is 7.11. The number of hydrogen-bond acceptors (Lipinski definition) is 5. The van der Waals surface area contributed by atoms with Crippen LogP contribution in [0, 0.1) is 13.8 Å². The molecule has 2 fully saturated rings. The molecule has 158 valence electrons. The van der Waals surface area contributed by atoms with Gasteiger partial charge in [-0.15, -0.1) is 11.3 Å². The molecule has 1 aliphatic carbocycles. The summed E-state index contributed by atoms with van der Waals surface area (Å²) in [5.41, 5.74) is 8.47. The molecular weight excluding hydrogens is 402 g/mol. The Bertz CT molecular complexity index is 781. The Balaban J connectivity index is 1.42. The third-order valence-corrected chi connectivity index (χ3v) is 8.10. The third-order valence-electron chi connectivity index (χ3n) is 6.62. The normalized spacial score (nSPS) is 28.6. The Kier molecular flexibility index (Phi) is 6.92. The van der Waals surface area contributed by atoms with E-state index in [4.69, 9.17) is 27.1 Å². The van der Waals surface area contributed by atoms with Crippen LogP contribution in [0.5, 0.6) is 0 Å². The van der Waals surface area contributed by atoms with Gasteiger partial charge in [0, 0.05) is 41.0 Å². The second kappa shape index (κ2) is 9.44. The minimum Gasteiger partial charge on any atom is -0.374 e. The highest BCUT2D eigenvalue weighted by Gasteiger charge is 2.36. The van der Waals surface area contributed by atoms with E-state index in [0.717, 1.165) is 24.6 Å². The van der Waals surface area contributed by atoms with Crippen LogP contribution >= 0.6 is 22.9 Å². The van der Waals surface area contributed by atoms with Crippen LogP contribution < -0.4 is 5.73 Å². The molecule has 1 aromatic heterocycles. The van der Waals surface area contributed by atoms with Crippen molar-refractivity contribution in [1.29, 1.82) is 0 Å². The fourth-order valence-corrected chi connectivity index (χ4v) is 5.98. The van der Waals surface area contributed by atoms with E-state index in [9.17, 15) is 0 Å². The summed E-state index contributed by atoms with van der Waals surface area (Å²) in [6, 6.07) is 9.26. The molecule has 2 heterocycles. The number of ether oxygens (including phenoxy) is 1. The van der Waals surface area contributed by atoms with E-state index < -0.39 is 0 Å². The molecule has 4 nitrogen and oxygen atoms in total. The smallest absolute Gasteiger partial charge is 0.0961 e. The first-order valence-electron chi connectivity index (χ1n) is 10.8. The van der Waals surface area contributed by atoms with Crippen molar-refractivity contribution in [3.05, 3.63) is 50.4 Å².